The molecule has 0 radical (unpaired) electrons. The molecule has 1 aromatic heterocycles. The molecule has 2 N–H and O–H groups in total. The van der Waals surface area contributed by atoms with Gasteiger partial charge in [-0.1, -0.05) is 0 Å². The van der Waals surface area contributed by atoms with Crippen LogP contribution in [0.2, 0.25) is 0 Å². The highest BCUT2D eigenvalue weighted by Crippen LogP contribution is 2.23. The molecule has 0 fully saturated rings. The number of aliphatic imine (C=N–C) groups is 1. The average Bonchev–Trinajstić information content (AvgIpc) is 2.71. The maximum Gasteiger partial charge on any atom is 0.296 e. The van der Waals surface area contributed by atoms with Crippen molar-refractivity contribution in [3.63, 3.8) is 0 Å². The van der Waals surface area contributed by atoms with Gasteiger partial charge in [-0.05, 0) is 13.8 Å². The smallest absolute Gasteiger partial charge is 0.296 e. The quantitative estimate of drug-likeness (QED) is 0.761. The summed E-state index contributed by atoms with van der Waals surface area (Å²) >= 11 is 0. The number of carbonyl (C=O) groups excluding carboxylic acids is 1. The third kappa shape index (κ3) is 1.70. The van der Waals surface area contributed by atoms with Crippen LogP contribution in [0.1, 0.15) is 31.6 Å². The lowest BCUT2D eigenvalue weighted by Gasteiger charge is -2.06. The lowest BCUT2D eigenvalue weighted by Crippen LogP contribution is -2.13. The van der Waals surface area contributed by atoms with Gasteiger partial charge >= 0.3 is 0 Å². The lowest BCUT2D eigenvalue weighted by atomic mass is 10.2. The molecular formula is C9H12N4O2. The minimum absolute atomic E-state index is 0.0812. The van der Waals surface area contributed by atoms with E-state index in [-0.39, 0.29) is 18.0 Å². The van der Waals surface area contributed by atoms with Crippen LogP contribution in [0, 0.1) is 0 Å². The highest BCUT2D eigenvalue weighted by Gasteiger charge is 2.30. The van der Waals surface area contributed by atoms with E-state index in [1.807, 2.05) is 13.8 Å². The number of hydrogen-bond donors (Lipinski definition) is 1. The molecule has 0 saturated carbocycles. The molecule has 2 heterocycles. The van der Waals surface area contributed by atoms with E-state index in [0.717, 1.165) is 0 Å². The first-order valence-electron chi connectivity index (χ1n) is 4.66. The van der Waals surface area contributed by atoms with Gasteiger partial charge in [-0.25, -0.2) is 0 Å². The van der Waals surface area contributed by atoms with Crippen molar-refractivity contribution in [2.75, 3.05) is 0 Å². The van der Waals surface area contributed by atoms with Crippen LogP contribution in [-0.4, -0.2) is 21.7 Å². The molecule has 1 aliphatic rings. The Hall–Kier alpha value is -1.85. The molecule has 0 bridgehead atoms. The molecule has 0 saturated heterocycles. The number of carbonyl (C=O) groups is 1. The Morgan fingerprint density at radius 3 is 2.80 bits per heavy atom. The van der Waals surface area contributed by atoms with Gasteiger partial charge in [-0.15, -0.1) is 0 Å². The van der Waals surface area contributed by atoms with Crippen molar-refractivity contribution in [1.29, 1.82) is 0 Å². The second-order valence-electron chi connectivity index (χ2n) is 3.63. The van der Waals surface area contributed by atoms with Gasteiger partial charge in [0.2, 0.25) is 6.10 Å². The second kappa shape index (κ2) is 3.38. The van der Waals surface area contributed by atoms with Gasteiger partial charge in [-0.3, -0.25) is 9.48 Å². The van der Waals surface area contributed by atoms with Gasteiger partial charge in [0.15, 0.2) is 0 Å². The normalized spacial score (nSPS) is 20.6. The van der Waals surface area contributed by atoms with E-state index in [2.05, 4.69) is 10.1 Å². The first-order chi connectivity index (χ1) is 7.08. The van der Waals surface area contributed by atoms with Crippen LogP contribution in [0.25, 0.3) is 0 Å². The van der Waals surface area contributed by atoms with Crippen LogP contribution < -0.4 is 5.73 Å². The summed E-state index contributed by atoms with van der Waals surface area (Å²) in [5.74, 6) is -0.379. The number of ether oxygens (including phenoxy) is 1. The van der Waals surface area contributed by atoms with Crippen molar-refractivity contribution < 1.29 is 9.53 Å². The summed E-state index contributed by atoms with van der Waals surface area (Å²) in [6, 6.07) is 0.163. The zero-order valence-corrected chi connectivity index (χ0v) is 8.54. The molecule has 1 amide bonds. The zero-order chi connectivity index (χ0) is 11.0. The molecule has 0 spiro atoms. The van der Waals surface area contributed by atoms with Crippen LogP contribution >= 0.6 is 0 Å². The maximum absolute atomic E-state index is 11.3. The summed E-state index contributed by atoms with van der Waals surface area (Å²) in [5.41, 5.74) is 5.98. The fourth-order valence-corrected chi connectivity index (χ4v) is 1.35. The zero-order valence-electron chi connectivity index (χ0n) is 8.54. The van der Waals surface area contributed by atoms with E-state index in [1.165, 1.54) is 0 Å². The van der Waals surface area contributed by atoms with Crippen LogP contribution in [0.4, 0.5) is 0 Å². The van der Waals surface area contributed by atoms with Crippen molar-refractivity contribution in [3.8, 4) is 0 Å². The SMILES string of the molecule is CC(C)n1cc(C2OC(N)=NC2=O)cn1. The fraction of sp³-hybridized carbons (Fsp3) is 0.444. The number of aromatic nitrogens is 2. The van der Waals surface area contributed by atoms with E-state index in [1.54, 1.807) is 17.1 Å². The van der Waals surface area contributed by atoms with Crippen molar-refractivity contribution >= 4 is 11.9 Å². The highest BCUT2D eigenvalue weighted by atomic mass is 16.5. The number of nitrogens with two attached hydrogens (primary N) is 1. The molecule has 1 atom stereocenters. The average molecular weight is 208 g/mol. The molecule has 2 rings (SSSR count). The van der Waals surface area contributed by atoms with Gasteiger partial charge in [-0.2, -0.15) is 10.1 Å². The molecule has 0 aromatic carbocycles. The Labute approximate surface area is 86.7 Å². The van der Waals surface area contributed by atoms with Gasteiger partial charge in [0.05, 0.1) is 6.20 Å². The van der Waals surface area contributed by atoms with E-state index in [0.29, 0.717) is 5.56 Å². The second-order valence-corrected chi connectivity index (χ2v) is 3.63. The molecule has 80 valence electrons. The summed E-state index contributed by atoms with van der Waals surface area (Å²) in [5, 5.41) is 4.11. The fourth-order valence-electron chi connectivity index (χ4n) is 1.35. The van der Waals surface area contributed by atoms with Crippen molar-refractivity contribution in [3.05, 3.63) is 18.0 Å². The van der Waals surface area contributed by atoms with Gasteiger partial charge in [0.25, 0.3) is 11.9 Å². The summed E-state index contributed by atoms with van der Waals surface area (Å²) < 4.78 is 6.83. The third-order valence-electron chi connectivity index (χ3n) is 2.14. The summed E-state index contributed by atoms with van der Waals surface area (Å²) in [7, 11) is 0. The van der Waals surface area contributed by atoms with Crippen LogP contribution in [0.5, 0.6) is 0 Å². The molecule has 1 aliphatic heterocycles. The Bertz CT molecular complexity index is 422. The molecular weight excluding hydrogens is 196 g/mol. The molecule has 0 aliphatic carbocycles. The first kappa shape index (κ1) is 9.70. The number of amidine groups is 1. The summed E-state index contributed by atoms with van der Waals surface area (Å²) in [6.45, 7) is 4.00. The topological polar surface area (TPSA) is 82.5 Å². The largest absolute Gasteiger partial charge is 0.446 e. The number of amides is 1. The number of rotatable bonds is 2. The Kier molecular flexibility index (Phi) is 2.18. The number of nitrogens with zero attached hydrogens (tertiary/aromatic N) is 3. The number of hydrogen-bond acceptors (Lipinski definition) is 4. The third-order valence-corrected chi connectivity index (χ3v) is 2.14. The molecule has 1 aromatic rings. The van der Waals surface area contributed by atoms with Crippen molar-refractivity contribution in [1.82, 2.24) is 9.78 Å². The summed E-state index contributed by atoms with van der Waals surface area (Å²) in [4.78, 5) is 14.8. The Morgan fingerprint density at radius 1 is 1.60 bits per heavy atom. The molecule has 15 heavy (non-hydrogen) atoms. The van der Waals surface area contributed by atoms with Gasteiger partial charge < -0.3 is 10.5 Å². The predicted octanol–water partition coefficient (Wildman–Crippen LogP) is 0.377. The van der Waals surface area contributed by atoms with E-state index < -0.39 is 6.10 Å². The monoisotopic (exact) mass is 208 g/mol. The maximum atomic E-state index is 11.3. The van der Waals surface area contributed by atoms with E-state index in [4.69, 9.17) is 10.5 Å². The van der Waals surface area contributed by atoms with Crippen LogP contribution in [0.3, 0.4) is 0 Å². The Balaban J connectivity index is 2.21. The molecule has 1 unspecified atom stereocenters. The summed E-state index contributed by atoms with van der Waals surface area (Å²) in [6.07, 6.45) is 2.63. The minimum Gasteiger partial charge on any atom is -0.446 e. The molecule has 6 heteroatoms. The van der Waals surface area contributed by atoms with Crippen LogP contribution in [-0.2, 0) is 9.53 Å². The highest BCUT2D eigenvalue weighted by molar-refractivity contribution is 5.98. The Morgan fingerprint density at radius 2 is 2.33 bits per heavy atom. The standard InChI is InChI=1S/C9H12N4O2/c1-5(2)13-4-6(3-11-13)7-8(14)12-9(10)15-7/h3-5,7H,1-2H3,(H2,10,12,14). The predicted molar refractivity (Wildman–Crippen MR) is 53.1 cm³/mol. The van der Waals surface area contributed by atoms with Gasteiger partial charge in [0.1, 0.15) is 0 Å². The van der Waals surface area contributed by atoms with Crippen molar-refractivity contribution in [2.45, 2.75) is 26.0 Å². The minimum atomic E-state index is -0.725. The first-order valence-corrected chi connectivity index (χ1v) is 4.66. The van der Waals surface area contributed by atoms with E-state index in [9.17, 15) is 4.79 Å². The van der Waals surface area contributed by atoms with Gasteiger partial charge in [0, 0.05) is 17.8 Å². The lowest BCUT2D eigenvalue weighted by molar-refractivity contribution is -0.122. The van der Waals surface area contributed by atoms with Crippen molar-refractivity contribution in [2.24, 2.45) is 10.7 Å². The molecule has 6 nitrogen and oxygen atoms in total. The van der Waals surface area contributed by atoms with E-state index >= 15 is 0 Å². The van der Waals surface area contributed by atoms with Crippen LogP contribution in [0.15, 0.2) is 17.4 Å².